The summed E-state index contributed by atoms with van der Waals surface area (Å²) in [4.78, 5) is 19.2. The predicted molar refractivity (Wildman–Crippen MR) is 62.0 cm³/mol. The Kier molecular flexibility index (Phi) is 13.9. The predicted octanol–water partition coefficient (Wildman–Crippen LogP) is 1.63. The third-order valence-corrected chi connectivity index (χ3v) is 2.40. The molecule has 15 heavy (non-hydrogen) atoms. The van der Waals surface area contributed by atoms with E-state index in [1.54, 1.807) is 20.8 Å². The lowest BCUT2D eigenvalue weighted by atomic mass is 10.3. The molecule has 0 aromatic carbocycles. The van der Waals surface area contributed by atoms with E-state index in [-0.39, 0.29) is 12.1 Å². The summed E-state index contributed by atoms with van der Waals surface area (Å²) in [7, 11) is 0. The molecule has 0 spiro atoms. The van der Waals surface area contributed by atoms with Gasteiger partial charge in [0.15, 0.2) is 0 Å². The van der Waals surface area contributed by atoms with Gasteiger partial charge in [-0.3, -0.25) is 4.89 Å². The summed E-state index contributed by atoms with van der Waals surface area (Å²) in [5.74, 6) is -0.330. The van der Waals surface area contributed by atoms with Crippen LogP contribution < -0.4 is 0 Å². The van der Waals surface area contributed by atoms with Gasteiger partial charge in [-0.15, -0.1) is 0 Å². The van der Waals surface area contributed by atoms with Gasteiger partial charge in [-0.05, 0) is 27.2 Å². The van der Waals surface area contributed by atoms with Crippen molar-refractivity contribution in [1.29, 1.82) is 0 Å². The molecule has 0 aliphatic carbocycles. The molecule has 0 fully saturated rings. The van der Waals surface area contributed by atoms with Crippen molar-refractivity contribution in [1.82, 2.24) is 0 Å². The lowest BCUT2D eigenvalue weighted by Gasteiger charge is -2.04. The van der Waals surface area contributed by atoms with Crippen LogP contribution in [-0.4, -0.2) is 34.8 Å². The molecule has 0 aliphatic rings. The largest absolute Gasteiger partial charge is 0.504 e. The molecule has 0 aromatic heterocycles. The quantitative estimate of drug-likeness (QED) is 0.412. The second-order valence-corrected chi connectivity index (χ2v) is 3.88. The highest BCUT2D eigenvalue weighted by Crippen LogP contribution is 1.91. The Morgan fingerprint density at radius 3 is 2.00 bits per heavy atom. The molecule has 5 heteroatoms. The molecule has 0 rings (SSSR count). The highest BCUT2D eigenvalue weighted by Gasteiger charge is 2.00. The maximum Gasteiger partial charge on any atom is 0.410 e. The van der Waals surface area contributed by atoms with Gasteiger partial charge in [-0.1, -0.05) is 13.8 Å². The first kappa shape index (κ1) is 17.3. The minimum atomic E-state index is -0.330. The molecule has 0 N–H and O–H groups in total. The average molecular weight is 234 g/mol. The number of carbonyl (C=O) groups excluding carboxylic acids is 1. The molecule has 0 aromatic rings. The fourth-order valence-corrected chi connectivity index (χ4v) is 0.709. The third kappa shape index (κ3) is 16.6. The maximum absolute atomic E-state index is 10.4. The van der Waals surface area contributed by atoms with Crippen LogP contribution in [0.25, 0.3) is 0 Å². The van der Waals surface area contributed by atoms with Crippen molar-refractivity contribution < 1.29 is 18.4 Å². The Morgan fingerprint density at radius 1 is 1.27 bits per heavy atom. The highest BCUT2D eigenvalue weighted by molar-refractivity contribution is 5.98. The SMILES string of the molecule is CCC(=O)OOC(C)C.CCC(C)[O][AlH2]. The molecule has 4 nitrogen and oxygen atoms in total. The van der Waals surface area contributed by atoms with Crippen molar-refractivity contribution in [2.24, 2.45) is 0 Å². The molecule has 0 radical (unpaired) electrons. The standard InChI is InChI=1S/C6H12O3.C4H9O.Al.2H/c1-4-6(7)9-8-5(2)3;1-3-4(2)5;;;/h5H,4H2,1-3H3;4H,3H2,1-2H3;;;/q;-1;+1;;. The van der Waals surface area contributed by atoms with Crippen molar-refractivity contribution in [3.05, 3.63) is 0 Å². The minimum absolute atomic E-state index is 0.0551. The lowest BCUT2D eigenvalue weighted by Crippen LogP contribution is -2.08. The molecule has 90 valence electrons. The van der Waals surface area contributed by atoms with Gasteiger partial charge >= 0.3 is 22.6 Å². The number of hydrogen-bond acceptors (Lipinski definition) is 4. The molecular weight excluding hydrogens is 211 g/mol. The molecule has 0 bridgehead atoms. The first-order valence-electron chi connectivity index (χ1n) is 5.36. The van der Waals surface area contributed by atoms with Crippen LogP contribution in [0, 0.1) is 0 Å². The van der Waals surface area contributed by atoms with Crippen molar-refractivity contribution in [3.8, 4) is 0 Å². The fraction of sp³-hybridized carbons (Fsp3) is 0.900. The third-order valence-electron chi connectivity index (χ3n) is 1.60. The maximum atomic E-state index is 10.4. The van der Waals surface area contributed by atoms with Crippen LogP contribution in [0.5, 0.6) is 0 Å². The van der Waals surface area contributed by atoms with Crippen LogP contribution in [-0.2, 0) is 18.4 Å². The van der Waals surface area contributed by atoms with E-state index in [9.17, 15) is 4.79 Å². The summed E-state index contributed by atoms with van der Waals surface area (Å²) >= 11 is 0.882. The van der Waals surface area contributed by atoms with Gasteiger partial charge in [0.2, 0.25) is 0 Å². The molecule has 1 atom stereocenters. The van der Waals surface area contributed by atoms with Crippen molar-refractivity contribution in [2.45, 2.75) is 59.7 Å². The summed E-state index contributed by atoms with van der Waals surface area (Å²) in [5.41, 5.74) is 0. The first-order chi connectivity index (χ1) is 6.97. The molecule has 0 amide bonds. The van der Waals surface area contributed by atoms with Gasteiger partial charge in [0.1, 0.15) is 0 Å². The van der Waals surface area contributed by atoms with Gasteiger partial charge in [-0.2, -0.15) is 4.89 Å². The van der Waals surface area contributed by atoms with Crippen molar-refractivity contribution >= 4 is 22.6 Å². The van der Waals surface area contributed by atoms with E-state index in [0.717, 1.165) is 23.0 Å². The fourth-order valence-electron chi connectivity index (χ4n) is 0.375. The molecule has 0 saturated carbocycles. The molecule has 1 unspecified atom stereocenters. The van der Waals surface area contributed by atoms with E-state index in [2.05, 4.69) is 23.6 Å². The first-order valence-corrected chi connectivity index (χ1v) is 6.18. The second kappa shape index (κ2) is 12.0. The molecule has 0 saturated heterocycles. The van der Waals surface area contributed by atoms with Gasteiger partial charge in [0.05, 0.1) is 6.10 Å². The smallest absolute Gasteiger partial charge is 0.410 e. The Hall–Kier alpha value is -0.0775. The minimum Gasteiger partial charge on any atom is -0.504 e. The Bertz CT molecular complexity index is 146. The summed E-state index contributed by atoms with van der Waals surface area (Å²) in [5, 5.41) is 0. The van der Waals surface area contributed by atoms with Gasteiger partial charge < -0.3 is 3.79 Å². The number of hydrogen-bond donors (Lipinski definition) is 0. The van der Waals surface area contributed by atoms with Crippen LogP contribution in [0.15, 0.2) is 0 Å². The van der Waals surface area contributed by atoms with E-state index >= 15 is 0 Å². The number of carbonyl (C=O) groups is 1. The van der Waals surface area contributed by atoms with Crippen LogP contribution in [0.1, 0.15) is 47.5 Å². The topological polar surface area (TPSA) is 44.8 Å². The van der Waals surface area contributed by atoms with Gasteiger partial charge in [0, 0.05) is 12.5 Å². The summed E-state index contributed by atoms with van der Waals surface area (Å²) in [6.07, 6.45) is 1.94. The van der Waals surface area contributed by atoms with Crippen LogP contribution in [0.2, 0.25) is 0 Å². The van der Waals surface area contributed by atoms with E-state index in [1.807, 2.05) is 0 Å². The van der Waals surface area contributed by atoms with Crippen LogP contribution in [0.4, 0.5) is 0 Å². The highest BCUT2D eigenvalue weighted by atomic mass is 27.1. The Balaban J connectivity index is 0. The zero-order chi connectivity index (χ0) is 12.3. The number of rotatable bonds is 5. The van der Waals surface area contributed by atoms with Crippen molar-refractivity contribution in [3.63, 3.8) is 0 Å². The molecular formula is C10H23AlO4. The van der Waals surface area contributed by atoms with Gasteiger partial charge in [-0.25, -0.2) is 4.79 Å². The lowest BCUT2D eigenvalue weighted by molar-refractivity contribution is -0.291. The normalized spacial score (nSPS) is 11.6. The zero-order valence-electron chi connectivity index (χ0n) is 10.7. The Labute approximate surface area is 101 Å². The van der Waals surface area contributed by atoms with E-state index in [0.29, 0.717) is 12.5 Å². The molecule has 0 aliphatic heterocycles. The second-order valence-electron chi connectivity index (χ2n) is 3.41. The Morgan fingerprint density at radius 2 is 1.80 bits per heavy atom. The average Bonchev–Trinajstić information content (AvgIpc) is 2.25. The monoisotopic (exact) mass is 234 g/mol. The summed E-state index contributed by atoms with van der Waals surface area (Å²) < 4.78 is 5.04. The zero-order valence-corrected chi connectivity index (χ0v) is 12.7. The van der Waals surface area contributed by atoms with Crippen LogP contribution in [0.3, 0.4) is 0 Å². The van der Waals surface area contributed by atoms with Crippen LogP contribution >= 0.6 is 0 Å². The van der Waals surface area contributed by atoms with Gasteiger partial charge in [0.25, 0.3) is 0 Å². The van der Waals surface area contributed by atoms with E-state index in [4.69, 9.17) is 3.79 Å². The molecule has 0 heterocycles. The van der Waals surface area contributed by atoms with E-state index < -0.39 is 0 Å². The summed E-state index contributed by atoms with van der Waals surface area (Å²) in [6.45, 7) is 9.52. The van der Waals surface area contributed by atoms with Crippen molar-refractivity contribution in [2.75, 3.05) is 0 Å². The van der Waals surface area contributed by atoms with E-state index in [1.165, 1.54) is 0 Å². The summed E-state index contributed by atoms with van der Waals surface area (Å²) in [6, 6.07) is 0.